The summed E-state index contributed by atoms with van der Waals surface area (Å²) < 4.78 is 6.35. The van der Waals surface area contributed by atoms with Crippen molar-refractivity contribution < 1.29 is 14.6 Å². The molecule has 2 aliphatic rings. The van der Waals surface area contributed by atoms with Crippen molar-refractivity contribution >= 4 is 23.4 Å². The van der Waals surface area contributed by atoms with Crippen LogP contribution in [0, 0.1) is 0 Å². The maximum absolute atomic E-state index is 12.6. The van der Waals surface area contributed by atoms with Crippen LogP contribution in [0.5, 0.6) is 0 Å². The summed E-state index contributed by atoms with van der Waals surface area (Å²) in [5.41, 5.74) is 2.60. The van der Waals surface area contributed by atoms with Crippen LogP contribution in [0.4, 0.5) is 11.4 Å². The fraction of sp³-hybridized carbons (Fsp3) is 0.0870. The van der Waals surface area contributed by atoms with E-state index in [-0.39, 0.29) is 0 Å². The van der Waals surface area contributed by atoms with E-state index in [9.17, 15) is 9.90 Å². The average molecular weight is 355 g/mol. The molecule has 0 amide bonds. The second kappa shape index (κ2) is 5.83. The zero-order valence-electron chi connectivity index (χ0n) is 14.4. The molecule has 4 nitrogen and oxygen atoms in total. The Bertz CT molecular complexity index is 1060. The Kier molecular flexibility index (Phi) is 3.42. The van der Waals surface area contributed by atoms with Crippen molar-refractivity contribution in [1.82, 2.24) is 0 Å². The van der Waals surface area contributed by atoms with Gasteiger partial charge in [-0.05, 0) is 29.3 Å². The number of carbonyl (C=O) groups is 1. The van der Waals surface area contributed by atoms with Gasteiger partial charge in [-0.3, -0.25) is 0 Å². The maximum Gasteiger partial charge on any atom is 0.345 e. The standard InChI is InChI=1S/C23H17NO3/c25-22(26)23(17-9-2-1-3-10-17)18-11-5-7-13-20(18)24-19-12-6-4-8-16(19)14-15-21(24)27-23/h1-15,21H,(H,25,26). The van der Waals surface area contributed by atoms with E-state index in [0.717, 1.165) is 16.9 Å². The van der Waals surface area contributed by atoms with E-state index in [0.29, 0.717) is 11.1 Å². The Labute approximate surface area is 156 Å². The van der Waals surface area contributed by atoms with Crippen molar-refractivity contribution in [1.29, 1.82) is 0 Å². The van der Waals surface area contributed by atoms with Gasteiger partial charge in [0.1, 0.15) is 0 Å². The molecule has 4 heteroatoms. The molecule has 1 N–H and O–H groups in total. The molecule has 0 aliphatic carbocycles. The molecular formula is C23H17NO3. The Morgan fingerprint density at radius 1 is 0.889 bits per heavy atom. The fourth-order valence-corrected chi connectivity index (χ4v) is 4.03. The third-order valence-electron chi connectivity index (χ3n) is 5.21. The summed E-state index contributed by atoms with van der Waals surface area (Å²) in [6.07, 6.45) is 3.40. The van der Waals surface area contributed by atoms with Crippen LogP contribution in [-0.4, -0.2) is 17.3 Å². The van der Waals surface area contributed by atoms with Crippen LogP contribution in [-0.2, 0) is 15.1 Å². The van der Waals surface area contributed by atoms with E-state index >= 15 is 0 Å². The smallest absolute Gasteiger partial charge is 0.345 e. The zero-order valence-corrected chi connectivity index (χ0v) is 14.4. The van der Waals surface area contributed by atoms with Gasteiger partial charge in [0.25, 0.3) is 0 Å². The number of ether oxygens (including phenoxy) is 1. The van der Waals surface area contributed by atoms with Gasteiger partial charge in [0.05, 0.1) is 11.4 Å². The summed E-state index contributed by atoms with van der Waals surface area (Å²) in [5, 5.41) is 10.3. The Morgan fingerprint density at radius 2 is 1.56 bits per heavy atom. The first-order valence-electron chi connectivity index (χ1n) is 8.84. The van der Waals surface area contributed by atoms with E-state index in [1.165, 1.54) is 0 Å². The van der Waals surface area contributed by atoms with Crippen LogP contribution >= 0.6 is 0 Å². The molecule has 2 heterocycles. The number of anilines is 2. The molecule has 2 unspecified atom stereocenters. The van der Waals surface area contributed by atoms with E-state index in [1.54, 1.807) is 12.1 Å². The molecule has 3 aromatic rings. The first kappa shape index (κ1) is 15.9. The molecule has 0 spiro atoms. The summed E-state index contributed by atoms with van der Waals surface area (Å²) in [6, 6.07) is 24.8. The minimum atomic E-state index is -1.56. The highest BCUT2D eigenvalue weighted by Gasteiger charge is 2.52. The second-order valence-corrected chi connectivity index (χ2v) is 6.67. The van der Waals surface area contributed by atoms with Crippen molar-refractivity contribution in [3.8, 4) is 0 Å². The zero-order chi connectivity index (χ0) is 18.4. The number of carboxylic acid groups (broad SMARTS) is 1. The maximum atomic E-state index is 12.6. The van der Waals surface area contributed by atoms with Gasteiger partial charge >= 0.3 is 5.97 Å². The summed E-state index contributed by atoms with van der Waals surface area (Å²) >= 11 is 0. The number of fused-ring (bicyclic) bond motifs is 5. The molecule has 5 rings (SSSR count). The second-order valence-electron chi connectivity index (χ2n) is 6.67. The molecule has 0 radical (unpaired) electrons. The van der Waals surface area contributed by atoms with Gasteiger partial charge in [-0.15, -0.1) is 0 Å². The van der Waals surface area contributed by atoms with Gasteiger partial charge in [0.2, 0.25) is 5.60 Å². The van der Waals surface area contributed by atoms with Gasteiger partial charge in [0, 0.05) is 5.56 Å². The molecule has 132 valence electrons. The van der Waals surface area contributed by atoms with Gasteiger partial charge in [0.15, 0.2) is 6.23 Å². The Hall–Kier alpha value is -3.37. The first-order chi connectivity index (χ1) is 13.2. The van der Waals surface area contributed by atoms with Crippen LogP contribution in [0.3, 0.4) is 0 Å². The lowest BCUT2D eigenvalue weighted by atomic mass is 9.82. The number of para-hydroxylation sites is 2. The predicted octanol–water partition coefficient (Wildman–Crippen LogP) is 4.54. The van der Waals surface area contributed by atoms with Crippen molar-refractivity contribution in [2.75, 3.05) is 4.90 Å². The summed E-state index contributed by atoms with van der Waals surface area (Å²) in [7, 11) is 0. The first-order valence-corrected chi connectivity index (χ1v) is 8.84. The van der Waals surface area contributed by atoms with Crippen LogP contribution < -0.4 is 4.90 Å². The molecule has 0 aromatic heterocycles. The lowest BCUT2D eigenvalue weighted by Gasteiger charge is -2.47. The average Bonchev–Trinajstić information content (AvgIpc) is 2.73. The minimum Gasteiger partial charge on any atom is -0.479 e. The number of rotatable bonds is 2. The molecule has 0 saturated heterocycles. The Morgan fingerprint density at radius 3 is 2.33 bits per heavy atom. The van der Waals surface area contributed by atoms with E-state index in [1.807, 2.05) is 78.9 Å². The van der Waals surface area contributed by atoms with Crippen LogP contribution in [0.15, 0.2) is 84.9 Å². The highest BCUT2D eigenvalue weighted by molar-refractivity contribution is 5.90. The molecule has 3 aromatic carbocycles. The number of hydrogen-bond acceptors (Lipinski definition) is 3. The van der Waals surface area contributed by atoms with Crippen molar-refractivity contribution in [2.24, 2.45) is 0 Å². The summed E-state index contributed by atoms with van der Waals surface area (Å²) in [5.74, 6) is -1.02. The largest absolute Gasteiger partial charge is 0.479 e. The van der Waals surface area contributed by atoms with Crippen molar-refractivity contribution in [3.63, 3.8) is 0 Å². The van der Waals surface area contributed by atoms with Gasteiger partial charge in [-0.2, -0.15) is 0 Å². The van der Waals surface area contributed by atoms with Crippen LogP contribution in [0.2, 0.25) is 0 Å². The molecule has 0 fully saturated rings. The molecule has 2 atom stereocenters. The van der Waals surface area contributed by atoms with Gasteiger partial charge < -0.3 is 14.7 Å². The van der Waals surface area contributed by atoms with E-state index in [2.05, 4.69) is 4.90 Å². The number of benzene rings is 3. The molecule has 0 saturated carbocycles. The molecular weight excluding hydrogens is 338 g/mol. The number of nitrogens with zero attached hydrogens (tertiary/aromatic N) is 1. The number of carboxylic acids is 1. The lowest BCUT2D eigenvalue weighted by molar-refractivity contribution is -0.167. The monoisotopic (exact) mass is 355 g/mol. The topological polar surface area (TPSA) is 49.8 Å². The SMILES string of the molecule is O=C(O)C1(c2ccccc2)OC2C=Cc3ccccc3N2c2ccccc21. The third-order valence-corrected chi connectivity index (χ3v) is 5.21. The quantitative estimate of drug-likeness (QED) is 0.733. The van der Waals surface area contributed by atoms with Gasteiger partial charge in [-0.25, -0.2) is 4.79 Å². The van der Waals surface area contributed by atoms with Crippen molar-refractivity contribution in [2.45, 2.75) is 11.8 Å². The highest BCUT2D eigenvalue weighted by Crippen LogP contribution is 2.50. The predicted molar refractivity (Wildman–Crippen MR) is 104 cm³/mol. The molecule has 27 heavy (non-hydrogen) atoms. The van der Waals surface area contributed by atoms with Crippen molar-refractivity contribution in [3.05, 3.63) is 102 Å². The van der Waals surface area contributed by atoms with Crippen LogP contribution in [0.1, 0.15) is 16.7 Å². The fourth-order valence-electron chi connectivity index (χ4n) is 4.03. The molecule has 2 aliphatic heterocycles. The van der Waals surface area contributed by atoms with E-state index < -0.39 is 17.8 Å². The number of hydrogen-bond donors (Lipinski definition) is 1. The van der Waals surface area contributed by atoms with Crippen LogP contribution in [0.25, 0.3) is 6.08 Å². The van der Waals surface area contributed by atoms with Gasteiger partial charge in [-0.1, -0.05) is 72.8 Å². The van der Waals surface area contributed by atoms with E-state index in [4.69, 9.17) is 4.74 Å². The summed E-state index contributed by atoms with van der Waals surface area (Å²) in [4.78, 5) is 14.7. The third kappa shape index (κ3) is 2.17. The highest BCUT2D eigenvalue weighted by atomic mass is 16.6. The lowest BCUT2D eigenvalue weighted by Crippen LogP contribution is -2.52. The number of aliphatic carboxylic acids is 1. The Balaban J connectivity index is 1.80. The normalized spacial score (nSPS) is 22.5. The minimum absolute atomic E-state index is 0.508. The summed E-state index contributed by atoms with van der Waals surface area (Å²) in [6.45, 7) is 0. The molecule has 0 bridgehead atoms.